The number of hydrogen-bond acceptors (Lipinski definition) is 2. The van der Waals surface area contributed by atoms with Crippen LogP contribution >= 0.6 is 0 Å². The normalized spacial score (nSPS) is 12.5. The number of rotatable bonds is 16. The Morgan fingerprint density at radius 3 is 1.52 bits per heavy atom. The Morgan fingerprint density at radius 1 is 0.760 bits per heavy atom. The zero-order valence-electron chi connectivity index (χ0n) is 17.6. The highest BCUT2D eigenvalue weighted by molar-refractivity contribution is 5.74. The van der Waals surface area contributed by atoms with Crippen LogP contribution in [0.4, 0.5) is 0 Å². The van der Waals surface area contributed by atoms with Crippen molar-refractivity contribution >= 4 is 5.97 Å². The predicted octanol–water partition coefficient (Wildman–Crippen LogP) is 2.72. The predicted molar refractivity (Wildman–Crippen MR) is 104 cm³/mol. The van der Waals surface area contributed by atoms with Gasteiger partial charge in [-0.3, -0.25) is 0 Å². The Morgan fingerprint density at radius 2 is 1.16 bits per heavy atom. The summed E-state index contributed by atoms with van der Waals surface area (Å²) in [5.74, 6) is -0.0342. The lowest BCUT2D eigenvalue weighted by Crippen LogP contribution is -3.00. The van der Waals surface area contributed by atoms with Crippen molar-refractivity contribution < 1.29 is 38.0 Å². The molecule has 1 unspecified atom stereocenters. The summed E-state index contributed by atoms with van der Waals surface area (Å²) < 4.78 is 5.90. The molecule has 25 heavy (non-hydrogen) atoms. The summed E-state index contributed by atoms with van der Waals surface area (Å²) in [6.45, 7) is 4.64. The third-order valence-corrected chi connectivity index (χ3v) is 4.82. The minimum Gasteiger partial charge on any atom is -1.00 e. The third-order valence-electron chi connectivity index (χ3n) is 4.82. The number of unbranched alkanes of at least 4 members (excludes halogenated alkanes) is 11. The molecule has 0 aliphatic heterocycles. The fourth-order valence-electron chi connectivity index (χ4n) is 3.24. The monoisotopic (exact) mass is 469 g/mol. The van der Waals surface area contributed by atoms with Crippen molar-refractivity contribution in [2.75, 3.05) is 27.7 Å². The van der Waals surface area contributed by atoms with Gasteiger partial charge in [0.2, 0.25) is 0 Å². The molecule has 3 nitrogen and oxygen atoms in total. The van der Waals surface area contributed by atoms with Crippen molar-refractivity contribution in [3.05, 3.63) is 0 Å². The molecule has 0 spiro atoms. The van der Waals surface area contributed by atoms with Gasteiger partial charge < -0.3 is 33.2 Å². The molecular formula is C21H44INO2. The van der Waals surface area contributed by atoms with Gasteiger partial charge in [0, 0.05) is 6.42 Å². The first kappa shape index (κ1) is 27.4. The fourth-order valence-corrected chi connectivity index (χ4v) is 3.24. The van der Waals surface area contributed by atoms with Gasteiger partial charge in [0.25, 0.3) is 0 Å². The van der Waals surface area contributed by atoms with Crippen LogP contribution in [-0.4, -0.2) is 44.2 Å². The first-order valence-electron chi connectivity index (χ1n) is 10.4. The molecule has 0 aromatic rings. The highest BCUT2D eigenvalue weighted by Crippen LogP contribution is 2.16. The molecule has 0 rings (SSSR count). The van der Waals surface area contributed by atoms with Gasteiger partial charge in [-0.05, 0) is 13.3 Å². The van der Waals surface area contributed by atoms with Gasteiger partial charge >= 0.3 is 5.97 Å². The van der Waals surface area contributed by atoms with E-state index in [0.29, 0.717) is 11.1 Å². The molecule has 0 saturated heterocycles. The lowest BCUT2D eigenvalue weighted by molar-refractivity contribution is -0.887. The van der Waals surface area contributed by atoms with Gasteiger partial charge in [0.15, 0.2) is 6.04 Å². The van der Waals surface area contributed by atoms with Crippen LogP contribution < -0.4 is 24.0 Å². The number of hydrogen-bond donors (Lipinski definition) is 0. The fraction of sp³-hybridized carbons (Fsp3) is 0.952. The zero-order chi connectivity index (χ0) is 18.3. The largest absolute Gasteiger partial charge is 1.00 e. The molecule has 0 radical (unpaired) electrons. The highest BCUT2D eigenvalue weighted by atomic mass is 127. The van der Waals surface area contributed by atoms with Crippen LogP contribution in [0.1, 0.15) is 97.3 Å². The number of esters is 1. The summed E-state index contributed by atoms with van der Waals surface area (Å²) in [6, 6.07) is -0.0203. The summed E-state index contributed by atoms with van der Waals surface area (Å²) in [6.07, 6.45) is 17.2. The first-order valence-corrected chi connectivity index (χ1v) is 10.4. The van der Waals surface area contributed by atoms with Gasteiger partial charge in [-0.25, -0.2) is 4.79 Å². The second-order valence-corrected chi connectivity index (χ2v) is 8.06. The molecule has 1 atom stereocenters. The smallest absolute Gasteiger partial charge is 0.364 e. The summed E-state index contributed by atoms with van der Waals surface area (Å²) >= 11 is 0. The second-order valence-electron chi connectivity index (χ2n) is 8.06. The Kier molecular flexibility index (Phi) is 19.2. The van der Waals surface area contributed by atoms with E-state index in [0.717, 1.165) is 12.8 Å². The van der Waals surface area contributed by atoms with Crippen molar-refractivity contribution in [1.82, 2.24) is 0 Å². The topological polar surface area (TPSA) is 26.3 Å². The van der Waals surface area contributed by atoms with Crippen LogP contribution in [0.25, 0.3) is 0 Å². The molecule has 0 saturated carbocycles. The average molecular weight is 469 g/mol. The minimum absolute atomic E-state index is 0. The quantitative estimate of drug-likeness (QED) is 0.150. The van der Waals surface area contributed by atoms with Crippen LogP contribution in [0.2, 0.25) is 0 Å². The van der Waals surface area contributed by atoms with E-state index < -0.39 is 0 Å². The summed E-state index contributed by atoms with van der Waals surface area (Å²) in [4.78, 5) is 12.1. The Bertz CT molecular complexity index is 303. The molecule has 0 aliphatic rings. The molecule has 0 aliphatic carbocycles. The van der Waals surface area contributed by atoms with Crippen LogP contribution in [-0.2, 0) is 9.53 Å². The van der Waals surface area contributed by atoms with E-state index in [9.17, 15) is 4.79 Å². The number of carbonyl (C=O) groups excluding carboxylic acids is 1. The van der Waals surface area contributed by atoms with E-state index in [4.69, 9.17) is 4.74 Å². The summed E-state index contributed by atoms with van der Waals surface area (Å²) in [5.41, 5.74) is 0. The van der Waals surface area contributed by atoms with E-state index in [1.54, 1.807) is 0 Å². The van der Waals surface area contributed by atoms with Gasteiger partial charge in [-0.2, -0.15) is 0 Å². The van der Waals surface area contributed by atoms with Gasteiger partial charge in [-0.15, -0.1) is 0 Å². The molecule has 4 heteroatoms. The number of nitrogens with zero attached hydrogens (tertiary/aromatic N) is 1. The number of carbonyl (C=O) groups is 1. The van der Waals surface area contributed by atoms with Gasteiger partial charge in [0.05, 0.1) is 27.7 Å². The maximum absolute atomic E-state index is 12.1. The molecular weight excluding hydrogens is 425 g/mol. The SMILES string of the molecule is CCCCCCCCCCCCCCC(C(=O)OCC)[N+](C)(C)C.[I-]. The lowest BCUT2D eigenvalue weighted by atomic mass is 10.0. The lowest BCUT2D eigenvalue weighted by Gasteiger charge is -2.32. The van der Waals surface area contributed by atoms with E-state index >= 15 is 0 Å². The number of likely N-dealkylation sites (N-methyl/N-ethyl adjacent to an activating group) is 1. The Hall–Kier alpha value is 0.160. The molecule has 0 fully saturated rings. The van der Waals surface area contributed by atoms with E-state index in [1.807, 2.05) is 6.92 Å². The second kappa shape index (κ2) is 17.6. The van der Waals surface area contributed by atoms with Crippen LogP contribution in [0, 0.1) is 0 Å². The molecule has 0 aromatic carbocycles. The first-order chi connectivity index (χ1) is 11.4. The maximum atomic E-state index is 12.1. The van der Waals surface area contributed by atoms with E-state index in [-0.39, 0.29) is 36.0 Å². The minimum atomic E-state index is -0.0342. The van der Waals surface area contributed by atoms with Crippen LogP contribution in [0.15, 0.2) is 0 Å². The van der Waals surface area contributed by atoms with Gasteiger partial charge in [0.1, 0.15) is 0 Å². The number of ether oxygens (including phenoxy) is 1. The van der Waals surface area contributed by atoms with Crippen molar-refractivity contribution in [2.24, 2.45) is 0 Å². The Labute approximate surface area is 174 Å². The van der Waals surface area contributed by atoms with Crippen molar-refractivity contribution in [2.45, 2.75) is 103 Å². The molecule has 0 amide bonds. The van der Waals surface area contributed by atoms with Crippen molar-refractivity contribution in [1.29, 1.82) is 0 Å². The van der Waals surface area contributed by atoms with Gasteiger partial charge in [-0.1, -0.05) is 77.6 Å². The average Bonchev–Trinajstić information content (AvgIpc) is 2.50. The summed E-state index contributed by atoms with van der Waals surface area (Å²) in [5, 5.41) is 0. The highest BCUT2D eigenvalue weighted by Gasteiger charge is 2.32. The van der Waals surface area contributed by atoms with Crippen molar-refractivity contribution in [3.8, 4) is 0 Å². The van der Waals surface area contributed by atoms with Crippen LogP contribution in [0.5, 0.6) is 0 Å². The molecule has 152 valence electrons. The molecule has 0 heterocycles. The van der Waals surface area contributed by atoms with E-state index in [1.165, 1.54) is 70.6 Å². The number of quaternary nitrogens is 1. The summed E-state index contributed by atoms with van der Waals surface area (Å²) in [7, 11) is 6.26. The molecule has 0 aromatic heterocycles. The van der Waals surface area contributed by atoms with E-state index in [2.05, 4.69) is 28.1 Å². The standard InChI is InChI=1S/C21H44NO2.HI/c1-6-8-9-10-11-12-13-14-15-16-17-18-19-20(22(3,4)5)21(23)24-7-2;/h20H,6-19H2,1-5H3;1H/q+1;/p-1. The third kappa shape index (κ3) is 16.1. The molecule has 0 N–H and O–H groups in total. The zero-order valence-corrected chi connectivity index (χ0v) is 19.8. The Balaban J connectivity index is 0. The van der Waals surface area contributed by atoms with Crippen LogP contribution in [0.3, 0.4) is 0 Å². The van der Waals surface area contributed by atoms with Crippen molar-refractivity contribution in [3.63, 3.8) is 0 Å². The number of halogens is 1. The molecule has 0 bridgehead atoms. The maximum Gasteiger partial charge on any atom is 0.364 e.